The number of nitrogens with one attached hydrogen (secondary N) is 1. The smallest absolute Gasteiger partial charge is 0.341 e. The molecule has 1 fully saturated rings. The number of amides is 1. The summed E-state index contributed by atoms with van der Waals surface area (Å²) in [4.78, 5) is 23.7. The van der Waals surface area contributed by atoms with E-state index in [9.17, 15) is 14.0 Å². The van der Waals surface area contributed by atoms with Gasteiger partial charge in [0.25, 0.3) is 5.91 Å². The van der Waals surface area contributed by atoms with Crippen LogP contribution in [0.1, 0.15) is 43.5 Å². The predicted molar refractivity (Wildman–Crippen MR) is 85.8 cm³/mol. The lowest BCUT2D eigenvalue weighted by Gasteiger charge is -2.34. The third-order valence-corrected chi connectivity index (χ3v) is 4.77. The molecule has 0 aromatic heterocycles. The minimum atomic E-state index is -0.876. The van der Waals surface area contributed by atoms with Crippen molar-refractivity contribution in [2.45, 2.75) is 39.2 Å². The Morgan fingerprint density at radius 3 is 2.78 bits per heavy atom. The molecular weight excluding hydrogens is 321 g/mol. The number of carbonyl (C=O) groups is 2. The molecule has 1 amide bonds. The Morgan fingerprint density at radius 2 is 2.09 bits per heavy atom. The molecule has 2 rings (SSSR count). The van der Waals surface area contributed by atoms with Gasteiger partial charge in [0.2, 0.25) is 0 Å². The third-order valence-electron chi connectivity index (χ3n) is 4.54. The number of hydrogen-bond donors (Lipinski definition) is 1. The molecule has 3 atom stereocenters. The highest BCUT2D eigenvalue weighted by atomic mass is 35.5. The molecule has 0 radical (unpaired) electrons. The van der Waals surface area contributed by atoms with Gasteiger partial charge in [0.1, 0.15) is 5.82 Å². The fourth-order valence-electron chi connectivity index (χ4n) is 2.90. The molecule has 0 heterocycles. The maximum Gasteiger partial charge on any atom is 0.341 e. The summed E-state index contributed by atoms with van der Waals surface area (Å²) in [5, 5.41) is 3.09. The average molecular weight is 342 g/mol. The van der Waals surface area contributed by atoms with E-state index in [4.69, 9.17) is 16.3 Å². The van der Waals surface area contributed by atoms with Crippen molar-refractivity contribution in [3.63, 3.8) is 0 Å². The summed E-state index contributed by atoms with van der Waals surface area (Å²) in [6.07, 6.45) is 3.17. The van der Waals surface area contributed by atoms with Crippen LogP contribution < -0.4 is 5.32 Å². The number of benzene rings is 1. The first-order chi connectivity index (χ1) is 10.9. The second-order valence-electron chi connectivity index (χ2n) is 6.14. The largest absolute Gasteiger partial charge is 0.452 e. The normalized spacial score (nSPS) is 24.1. The van der Waals surface area contributed by atoms with E-state index in [0.717, 1.165) is 18.9 Å². The lowest BCUT2D eigenvalue weighted by molar-refractivity contribution is -0.125. The lowest BCUT2D eigenvalue weighted by Crippen LogP contribution is -2.45. The minimum absolute atomic E-state index is 0.0946. The van der Waals surface area contributed by atoms with Gasteiger partial charge in [-0.3, -0.25) is 4.79 Å². The lowest BCUT2D eigenvalue weighted by atomic mass is 9.78. The minimum Gasteiger partial charge on any atom is -0.452 e. The number of rotatable bonds is 4. The van der Waals surface area contributed by atoms with Crippen LogP contribution in [0.2, 0.25) is 5.02 Å². The van der Waals surface area contributed by atoms with Crippen LogP contribution in [0.25, 0.3) is 0 Å². The van der Waals surface area contributed by atoms with E-state index in [1.54, 1.807) is 0 Å². The molecule has 1 aliphatic rings. The number of halogens is 2. The first-order valence-corrected chi connectivity index (χ1v) is 8.18. The van der Waals surface area contributed by atoms with Gasteiger partial charge in [0.05, 0.1) is 5.56 Å². The van der Waals surface area contributed by atoms with Gasteiger partial charge in [0.15, 0.2) is 6.61 Å². The van der Waals surface area contributed by atoms with Gasteiger partial charge in [-0.2, -0.15) is 0 Å². The Kier molecular flexibility index (Phi) is 5.99. The fraction of sp³-hybridized carbons (Fsp3) is 0.529. The van der Waals surface area contributed by atoms with E-state index in [0.29, 0.717) is 11.8 Å². The van der Waals surface area contributed by atoms with Crippen LogP contribution in [-0.4, -0.2) is 24.5 Å². The second-order valence-corrected chi connectivity index (χ2v) is 6.58. The Bertz CT molecular complexity index is 593. The van der Waals surface area contributed by atoms with Gasteiger partial charge < -0.3 is 10.1 Å². The maximum atomic E-state index is 13.6. The molecule has 1 aromatic carbocycles. The van der Waals surface area contributed by atoms with Crippen molar-refractivity contribution < 1.29 is 18.7 Å². The van der Waals surface area contributed by atoms with Crippen LogP contribution in [0.3, 0.4) is 0 Å². The molecule has 4 nitrogen and oxygen atoms in total. The molecule has 1 aliphatic carbocycles. The van der Waals surface area contributed by atoms with Gasteiger partial charge in [0, 0.05) is 11.1 Å². The first kappa shape index (κ1) is 17.7. The van der Waals surface area contributed by atoms with Gasteiger partial charge in [-0.05, 0) is 36.5 Å². The summed E-state index contributed by atoms with van der Waals surface area (Å²) in [6.45, 7) is 3.87. The first-order valence-electron chi connectivity index (χ1n) is 7.80. The van der Waals surface area contributed by atoms with Gasteiger partial charge in [-0.25, -0.2) is 9.18 Å². The van der Waals surface area contributed by atoms with Crippen LogP contribution in [0.15, 0.2) is 18.2 Å². The standard InChI is InChI=1S/C17H21ClFNO3/c1-10-4-3-5-15(11(10)2)20-16(21)9-23-17(22)13-7-6-12(18)8-14(13)19/h6-8,10-11,15H,3-5,9H2,1-2H3,(H,20,21)/t10-,11-,15+/m1/s1. The summed E-state index contributed by atoms with van der Waals surface area (Å²) >= 11 is 5.63. The van der Waals surface area contributed by atoms with Crippen LogP contribution >= 0.6 is 11.6 Å². The Morgan fingerprint density at radius 1 is 1.35 bits per heavy atom. The monoisotopic (exact) mass is 341 g/mol. The second kappa shape index (κ2) is 7.77. The van der Waals surface area contributed by atoms with Gasteiger partial charge in [-0.1, -0.05) is 38.3 Å². The van der Waals surface area contributed by atoms with E-state index in [1.807, 2.05) is 0 Å². The van der Waals surface area contributed by atoms with E-state index < -0.39 is 18.4 Å². The van der Waals surface area contributed by atoms with Crippen molar-refractivity contribution in [2.24, 2.45) is 11.8 Å². The van der Waals surface area contributed by atoms with Crippen molar-refractivity contribution in [3.8, 4) is 0 Å². The zero-order valence-electron chi connectivity index (χ0n) is 13.3. The molecule has 23 heavy (non-hydrogen) atoms. The van der Waals surface area contributed by atoms with Crippen molar-refractivity contribution in [1.82, 2.24) is 5.32 Å². The number of esters is 1. The molecule has 0 unspecified atom stereocenters. The topological polar surface area (TPSA) is 55.4 Å². The Hall–Kier alpha value is -1.62. The van der Waals surface area contributed by atoms with Crippen LogP contribution in [0, 0.1) is 17.7 Å². The molecule has 0 aliphatic heterocycles. The van der Waals surface area contributed by atoms with Crippen molar-refractivity contribution >= 4 is 23.5 Å². The van der Waals surface area contributed by atoms with Crippen LogP contribution in [-0.2, 0) is 9.53 Å². The molecule has 1 N–H and O–H groups in total. The van der Waals surface area contributed by atoms with Crippen LogP contribution in [0.4, 0.5) is 4.39 Å². The van der Waals surface area contributed by atoms with E-state index in [2.05, 4.69) is 19.2 Å². The van der Waals surface area contributed by atoms with E-state index >= 15 is 0 Å². The number of carbonyl (C=O) groups excluding carboxylic acids is 2. The van der Waals surface area contributed by atoms with Crippen molar-refractivity contribution in [1.29, 1.82) is 0 Å². The van der Waals surface area contributed by atoms with Gasteiger partial charge in [-0.15, -0.1) is 0 Å². The fourth-order valence-corrected chi connectivity index (χ4v) is 3.06. The summed E-state index contributed by atoms with van der Waals surface area (Å²) in [5.74, 6) is -1.06. The van der Waals surface area contributed by atoms with Crippen molar-refractivity contribution in [3.05, 3.63) is 34.6 Å². The summed E-state index contributed by atoms with van der Waals surface area (Å²) in [7, 11) is 0. The molecular formula is C17H21ClFNO3. The van der Waals surface area contributed by atoms with Crippen LogP contribution in [0.5, 0.6) is 0 Å². The Labute approximate surface area is 140 Å². The molecule has 1 aromatic rings. The summed E-state index contributed by atoms with van der Waals surface area (Å²) in [5.41, 5.74) is -0.234. The maximum absolute atomic E-state index is 13.6. The molecule has 0 saturated heterocycles. The zero-order chi connectivity index (χ0) is 17.0. The van der Waals surface area contributed by atoms with Crippen molar-refractivity contribution in [2.75, 3.05) is 6.61 Å². The molecule has 1 saturated carbocycles. The molecule has 0 spiro atoms. The van der Waals surface area contributed by atoms with Gasteiger partial charge >= 0.3 is 5.97 Å². The Balaban J connectivity index is 1.85. The quantitative estimate of drug-likeness (QED) is 0.852. The highest BCUT2D eigenvalue weighted by Crippen LogP contribution is 2.29. The zero-order valence-corrected chi connectivity index (χ0v) is 14.0. The summed E-state index contributed by atoms with van der Waals surface area (Å²) in [6, 6.07) is 3.76. The highest BCUT2D eigenvalue weighted by Gasteiger charge is 2.28. The average Bonchev–Trinajstić information content (AvgIpc) is 2.49. The summed E-state index contributed by atoms with van der Waals surface area (Å²) < 4.78 is 18.5. The predicted octanol–water partition coefficient (Wildman–Crippen LogP) is 3.58. The molecule has 126 valence electrons. The number of ether oxygens (including phenoxy) is 1. The van der Waals surface area contributed by atoms with E-state index in [-0.39, 0.29) is 22.5 Å². The molecule has 0 bridgehead atoms. The highest BCUT2D eigenvalue weighted by molar-refractivity contribution is 6.30. The third kappa shape index (κ3) is 4.67. The SMILES string of the molecule is C[C@@H]1[C@H](C)CCC[C@@H]1NC(=O)COC(=O)c1ccc(Cl)cc1F. The number of hydrogen-bond acceptors (Lipinski definition) is 3. The molecule has 6 heteroatoms. The van der Waals surface area contributed by atoms with E-state index in [1.165, 1.54) is 18.6 Å².